The van der Waals surface area contributed by atoms with Crippen molar-refractivity contribution in [3.8, 4) is 0 Å². The van der Waals surface area contributed by atoms with Gasteiger partial charge in [0.15, 0.2) is 0 Å². The molecule has 0 aromatic heterocycles. The summed E-state index contributed by atoms with van der Waals surface area (Å²) >= 11 is 4.03. The lowest BCUT2D eigenvalue weighted by molar-refractivity contribution is -0.128. The van der Waals surface area contributed by atoms with E-state index in [0.717, 1.165) is 5.56 Å². The average Bonchev–Trinajstić information content (AvgIpc) is 2.44. The van der Waals surface area contributed by atoms with Crippen LogP contribution in [0, 0.1) is 0 Å². The molecule has 0 aliphatic heterocycles. The van der Waals surface area contributed by atoms with Crippen LogP contribution in [0.4, 0.5) is 0 Å². The summed E-state index contributed by atoms with van der Waals surface area (Å²) in [5.41, 5.74) is 6.24. The largest absolute Gasteiger partial charge is 0.353 e. The van der Waals surface area contributed by atoms with Crippen molar-refractivity contribution in [3.63, 3.8) is 0 Å². The number of rotatable bonds is 7. The first kappa shape index (κ1) is 15.5. The van der Waals surface area contributed by atoms with Gasteiger partial charge in [-0.05, 0) is 5.56 Å². The van der Waals surface area contributed by atoms with Crippen molar-refractivity contribution in [2.75, 3.05) is 18.8 Å². The van der Waals surface area contributed by atoms with Crippen LogP contribution < -0.4 is 16.4 Å². The Morgan fingerprint density at radius 1 is 1.26 bits per heavy atom. The highest BCUT2D eigenvalue weighted by Crippen LogP contribution is 2.03. The third-order valence-electron chi connectivity index (χ3n) is 2.53. The molecule has 19 heavy (non-hydrogen) atoms. The minimum Gasteiger partial charge on any atom is -0.353 e. The monoisotopic (exact) mass is 281 g/mol. The Bertz CT molecular complexity index is 412. The topological polar surface area (TPSA) is 84.2 Å². The maximum absolute atomic E-state index is 12.0. The Morgan fingerprint density at radius 2 is 1.95 bits per heavy atom. The number of benzene rings is 1. The van der Waals surface area contributed by atoms with Crippen molar-refractivity contribution < 1.29 is 9.59 Å². The van der Waals surface area contributed by atoms with Gasteiger partial charge in [-0.1, -0.05) is 30.3 Å². The van der Waals surface area contributed by atoms with Gasteiger partial charge in [-0.25, -0.2) is 0 Å². The molecule has 1 aromatic rings. The molecular weight excluding hydrogens is 262 g/mol. The van der Waals surface area contributed by atoms with E-state index in [9.17, 15) is 9.59 Å². The van der Waals surface area contributed by atoms with Crippen molar-refractivity contribution >= 4 is 24.4 Å². The minimum absolute atomic E-state index is 0.134. The van der Waals surface area contributed by atoms with Gasteiger partial charge in [-0.3, -0.25) is 9.59 Å². The zero-order valence-corrected chi connectivity index (χ0v) is 11.5. The van der Waals surface area contributed by atoms with Crippen LogP contribution in [0.3, 0.4) is 0 Å². The summed E-state index contributed by atoms with van der Waals surface area (Å²) in [6, 6.07) is 8.89. The highest BCUT2D eigenvalue weighted by atomic mass is 32.1. The van der Waals surface area contributed by atoms with Gasteiger partial charge in [0.2, 0.25) is 11.8 Å². The van der Waals surface area contributed by atoms with Crippen molar-refractivity contribution in [1.82, 2.24) is 10.6 Å². The smallest absolute Gasteiger partial charge is 0.242 e. The summed E-state index contributed by atoms with van der Waals surface area (Å²) in [6.07, 6.45) is 0.436. The summed E-state index contributed by atoms with van der Waals surface area (Å²) in [6.45, 7) is 0.330. The van der Waals surface area contributed by atoms with Gasteiger partial charge in [0, 0.05) is 18.7 Å². The summed E-state index contributed by atoms with van der Waals surface area (Å²) in [5, 5.41) is 5.33. The van der Waals surface area contributed by atoms with Gasteiger partial charge < -0.3 is 16.4 Å². The normalized spacial score (nSPS) is 11.7. The number of hydrogen-bond donors (Lipinski definition) is 4. The van der Waals surface area contributed by atoms with Gasteiger partial charge in [-0.15, -0.1) is 0 Å². The van der Waals surface area contributed by atoms with Crippen LogP contribution in [0.15, 0.2) is 30.3 Å². The second kappa shape index (κ2) is 8.55. The standard InChI is InChI=1S/C13H19N3O2S/c14-9-12(17)16-11(13(18)15-6-7-19)8-10-4-2-1-3-5-10/h1-5,11,19H,6-9,14H2,(H,15,18)(H,16,17)/t11-/m0/s1. The minimum atomic E-state index is -0.613. The SMILES string of the molecule is NCC(=O)N[C@@H](Cc1ccccc1)C(=O)NCCS. The van der Waals surface area contributed by atoms with E-state index in [1.807, 2.05) is 30.3 Å². The summed E-state index contributed by atoms with van der Waals surface area (Å²) in [4.78, 5) is 23.3. The predicted molar refractivity (Wildman–Crippen MR) is 78.0 cm³/mol. The van der Waals surface area contributed by atoms with E-state index in [1.165, 1.54) is 0 Å². The molecule has 2 amide bonds. The molecule has 1 aromatic carbocycles. The van der Waals surface area contributed by atoms with Crippen LogP contribution in [0.2, 0.25) is 0 Å². The molecule has 0 saturated heterocycles. The second-order valence-electron chi connectivity index (χ2n) is 4.03. The number of thiol groups is 1. The fourth-order valence-electron chi connectivity index (χ4n) is 1.61. The Hall–Kier alpha value is -1.53. The zero-order chi connectivity index (χ0) is 14.1. The first-order chi connectivity index (χ1) is 9.17. The fraction of sp³-hybridized carbons (Fsp3) is 0.385. The Kier molecular flexibility index (Phi) is 6.99. The summed E-state index contributed by atoms with van der Waals surface area (Å²) in [5.74, 6) is -0.0177. The molecule has 4 N–H and O–H groups in total. The summed E-state index contributed by atoms with van der Waals surface area (Å²) < 4.78 is 0. The molecule has 0 fully saturated rings. The van der Waals surface area contributed by atoms with Crippen molar-refractivity contribution in [2.45, 2.75) is 12.5 Å². The Morgan fingerprint density at radius 3 is 2.53 bits per heavy atom. The van der Waals surface area contributed by atoms with Gasteiger partial charge in [0.05, 0.1) is 6.54 Å². The van der Waals surface area contributed by atoms with Gasteiger partial charge in [0.1, 0.15) is 6.04 Å². The van der Waals surface area contributed by atoms with E-state index in [-0.39, 0.29) is 18.4 Å². The van der Waals surface area contributed by atoms with Crippen molar-refractivity contribution in [1.29, 1.82) is 0 Å². The molecule has 0 saturated carbocycles. The molecule has 104 valence electrons. The Balaban J connectivity index is 2.68. The molecule has 5 nitrogen and oxygen atoms in total. The van der Waals surface area contributed by atoms with E-state index in [2.05, 4.69) is 23.3 Å². The third kappa shape index (κ3) is 5.76. The van der Waals surface area contributed by atoms with Crippen molar-refractivity contribution in [2.24, 2.45) is 5.73 Å². The van der Waals surface area contributed by atoms with E-state index in [4.69, 9.17) is 5.73 Å². The molecule has 1 rings (SSSR count). The molecule has 1 atom stereocenters. The molecule has 0 spiro atoms. The lowest BCUT2D eigenvalue weighted by atomic mass is 10.1. The second-order valence-corrected chi connectivity index (χ2v) is 4.48. The van der Waals surface area contributed by atoms with E-state index >= 15 is 0 Å². The average molecular weight is 281 g/mol. The van der Waals surface area contributed by atoms with Crippen molar-refractivity contribution in [3.05, 3.63) is 35.9 Å². The number of nitrogens with one attached hydrogen (secondary N) is 2. The first-order valence-corrected chi connectivity index (χ1v) is 6.72. The fourth-order valence-corrected chi connectivity index (χ4v) is 1.73. The number of carbonyl (C=O) groups excluding carboxylic acids is 2. The van der Waals surface area contributed by atoms with Crippen LogP contribution >= 0.6 is 12.6 Å². The maximum atomic E-state index is 12.0. The number of hydrogen-bond acceptors (Lipinski definition) is 4. The van der Waals surface area contributed by atoms with E-state index in [0.29, 0.717) is 18.7 Å². The Labute approximate surface area is 118 Å². The molecule has 0 radical (unpaired) electrons. The zero-order valence-electron chi connectivity index (χ0n) is 10.6. The first-order valence-electron chi connectivity index (χ1n) is 6.09. The molecule has 0 unspecified atom stereocenters. The van der Waals surface area contributed by atoms with Crippen LogP contribution in [-0.2, 0) is 16.0 Å². The maximum Gasteiger partial charge on any atom is 0.242 e. The predicted octanol–water partition coefficient (Wildman–Crippen LogP) is -0.281. The van der Waals surface area contributed by atoms with Crippen LogP contribution in [0.1, 0.15) is 5.56 Å². The molecule has 0 aliphatic rings. The highest BCUT2D eigenvalue weighted by molar-refractivity contribution is 7.80. The lowest BCUT2D eigenvalue weighted by Crippen LogP contribution is -2.49. The van der Waals surface area contributed by atoms with Crippen LogP contribution in [0.5, 0.6) is 0 Å². The number of amides is 2. The van der Waals surface area contributed by atoms with Gasteiger partial charge in [-0.2, -0.15) is 12.6 Å². The highest BCUT2D eigenvalue weighted by Gasteiger charge is 2.20. The lowest BCUT2D eigenvalue weighted by Gasteiger charge is -2.18. The van der Waals surface area contributed by atoms with E-state index in [1.54, 1.807) is 0 Å². The molecule has 0 heterocycles. The molecule has 6 heteroatoms. The van der Waals surface area contributed by atoms with Crippen LogP contribution in [-0.4, -0.2) is 36.7 Å². The quantitative estimate of drug-likeness (QED) is 0.519. The molecular formula is C13H19N3O2S. The number of nitrogens with two attached hydrogens (primary N) is 1. The van der Waals surface area contributed by atoms with Crippen LogP contribution in [0.25, 0.3) is 0 Å². The van der Waals surface area contributed by atoms with Gasteiger partial charge >= 0.3 is 0 Å². The molecule has 0 bridgehead atoms. The van der Waals surface area contributed by atoms with Gasteiger partial charge in [0.25, 0.3) is 0 Å². The number of carbonyl (C=O) groups is 2. The molecule has 0 aliphatic carbocycles. The third-order valence-corrected chi connectivity index (χ3v) is 2.75. The summed E-state index contributed by atoms with van der Waals surface area (Å²) in [7, 11) is 0. The van der Waals surface area contributed by atoms with E-state index < -0.39 is 6.04 Å².